The highest BCUT2D eigenvalue weighted by molar-refractivity contribution is 5.98. The van der Waals surface area contributed by atoms with Gasteiger partial charge in [-0.1, -0.05) is 12.1 Å². The van der Waals surface area contributed by atoms with Crippen LogP contribution in [0.4, 0.5) is 5.69 Å². The summed E-state index contributed by atoms with van der Waals surface area (Å²) in [5, 5.41) is 3.27. The number of para-hydroxylation sites is 1. The molecular weight excluding hydrogens is 240 g/mol. The summed E-state index contributed by atoms with van der Waals surface area (Å²) in [6.07, 6.45) is 3.01. The van der Waals surface area contributed by atoms with Gasteiger partial charge in [-0.2, -0.15) is 0 Å². The number of fused-ring (bicyclic) bond motifs is 1. The first kappa shape index (κ1) is 12.5. The van der Waals surface area contributed by atoms with E-state index in [1.807, 2.05) is 17.0 Å². The lowest BCUT2D eigenvalue weighted by atomic mass is 9.98. The van der Waals surface area contributed by atoms with Gasteiger partial charge >= 0.3 is 0 Å². The van der Waals surface area contributed by atoms with Crippen molar-refractivity contribution in [1.82, 2.24) is 5.32 Å². The van der Waals surface area contributed by atoms with Gasteiger partial charge in [-0.15, -0.1) is 0 Å². The summed E-state index contributed by atoms with van der Waals surface area (Å²) in [6, 6.07) is 6.05. The molecule has 1 unspecified atom stereocenters. The number of ether oxygens (including phenoxy) is 1. The molecule has 102 valence electrons. The third-order valence-electron chi connectivity index (χ3n) is 4.08. The molecular formula is C15H20N2O2. The fourth-order valence-corrected chi connectivity index (χ4v) is 3.09. The molecule has 0 bridgehead atoms. The first-order valence-electron chi connectivity index (χ1n) is 6.99. The van der Waals surface area contributed by atoms with Crippen LogP contribution in [0.5, 0.6) is 5.75 Å². The van der Waals surface area contributed by atoms with Crippen LogP contribution in [0.25, 0.3) is 0 Å². The molecule has 4 heteroatoms. The van der Waals surface area contributed by atoms with Crippen molar-refractivity contribution in [3.63, 3.8) is 0 Å². The maximum atomic E-state index is 12.7. The van der Waals surface area contributed by atoms with Crippen LogP contribution >= 0.6 is 0 Å². The van der Waals surface area contributed by atoms with Crippen LogP contribution in [0, 0.1) is 5.92 Å². The summed E-state index contributed by atoms with van der Waals surface area (Å²) in [5.74, 6) is 1.18. The molecule has 1 N–H and O–H groups in total. The zero-order valence-corrected chi connectivity index (χ0v) is 11.3. The Bertz CT molecular complexity index is 467. The van der Waals surface area contributed by atoms with Crippen LogP contribution in [-0.2, 0) is 11.2 Å². The minimum atomic E-state index is 0.121. The Balaban J connectivity index is 1.94. The SMILES string of the molecule is COc1cccc2c1N(C(=O)C1CCNC1)CCC2. The highest BCUT2D eigenvalue weighted by atomic mass is 16.5. The van der Waals surface area contributed by atoms with E-state index in [0.29, 0.717) is 0 Å². The van der Waals surface area contributed by atoms with Gasteiger partial charge in [0.1, 0.15) is 5.75 Å². The van der Waals surface area contributed by atoms with Crippen LogP contribution in [-0.4, -0.2) is 32.7 Å². The summed E-state index contributed by atoms with van der Waals surface area (Å²) >= 11 is 0. The quantitative estimate of drug-likeness (QED) is 0.878. The van der Waals surface area contributed by atoms with Crippen LogP contribution < -0.4 is 15.0 Å². The second-order valence-electron chi connectivity index (χ2n) is 5.25. The maximum Gasteiger partial charge on any atom is 0.231 e. The average Bonchev–Trinajstić information content (AvgIpc) is 2.99. The van der Waals surface area contributed by atoms with E-state index in [9.17, 15) is 4.79 Å². The normalized spacial score (nSPS) is 22.2. The lowest BCUT2D eigenvalue weighted by Gasteiger charge is -2.32. The van der Waals surface area contributed by atoms with E-state index in [4.69, 9.17) is 4.74 Å². The van der Waals surface area contributed by atoms with Gasteiger partial charge in [0.05, 0.1) is 18.7 Å². The van der Waals surface area contributed by atoms with Crippen molar-refractivity contribution in [2.45, 2.75) is 19.3 Å². The molecule has 0 aliphatic carbocycles. The minimum absolute atomic E-state index is 0.121. The molecule has 1 amide bonds. The number of methoxy groups -OCH3 is 1. The average molecular weight is 260 g/mol. The molecule has 0 aromatic heterocycles. The lowest BCUT2D eigenvalue weighted by molar-refractivity contribution is -0.121. The van der Waals surface area contributed by atoms with Crippen LogP contribution in [0.15, 0.2) is 18.2 Å². The Morgan fingerprint density at radius 3 is 3.11 bits per heavy atom. The number of carbonyl (C=O) groups excluding carboxylic acids is 1. The number of hydrogen-bond donors (Lipinski definition) is 1. The topological polar surface area (TPSA) is 41.6 Å². The largest absolute Gasteiger partial charge is 0.495 e. The van der Waals surface area contributed by atoms with E-state index in [1.165, 1.54) is 5.56 Å². The van der Waals surface area contributed by atoms with Gasteiger partial charge in [-0.3, -0.25) is 4.79 Å². The van der Waals surface area contributed by atoms with E-state index in [1.54, 1.807) is 7.11 Å². The van der Waals surface area contributed by atoms with Gasteiger partial charge in [0, 0.05) is 13.1 Å². The van der Waals surface area contributed by atoms with E-state index in [0.717, 1.165) is 50.3 Å². The van der Waals surface area contributed by atoms with Gasteiger partial charge < -0.3 is 15.0 Å². The van der Waals surface area contributed by atoms with E-state index in [-0.39, 0.29) is 11.8 Å². The summed E-state index contributed by atoms with van der Waals surface area (Å²) in [7, 11) is 1.67. The first-order valence-corrected chi connectivity index (χ1v) is 6.99. The van der Waals surface area contributed by atoms with Crippen molar-refractivity contribution < 1.29 is 9.53 Å². The number of hydrogen-bond acceptors (Lipinski definition) is 3. The number of benzene rings is 1. The number of anilines is 1. The monoisotopic (exact) mass is 260 g/mol. The molecule has 0 radical (unpaired) electrons. The van der Waals surface area contributed by atoms with Crippen molar-refractivity contribution in [3.05, 3.63) is 23.8 Å². The Morgan fingerprint density at radius 1 is 1.47 bits per heavy atom. The number of nitrogens with zero attached hydrogens (tertiary/aromatic N) is 1. The molecule has 1 fully saturated rings. The number of aryl methyl sites for hydroxylation is 1. The Kier molecular flexibility index (Phi) is 3.42. The van der Waals surface area contributed by atoms with Crippen molar-refractivity contribution in [1.29, 1.82) is 0 Å². The molecule has 1 atom stereocenters. The Labute approximate surface area is 113 Å². The molecule has 0 spiro atoms. The highest BCUT2D eigenvalue weighted by Crippen LogP contribution is 2.37. The molecule has 1 aromatic carbocycles. The van der Waals surface area contributed by atoms with Crippen LogP contribution in [0.1, 0.15) is 18.4 Å². The predicted octanol–water partition coefficient (Wildman–Crippen LogP) is 1.58. The lowest BCUT2D eigenvalue weighted by Crippen LogP contribution is -2.40. The van der Waals surface area contributed by atoms with Crippen molar-refractivity contribution in [2.75, 3.05) is 31.6 Å². The van der Waals surface area contributed by atoms with Crippen molar-refractivity contribution in [3.8, 4) is 5.75 Å². The first-order chi connectivity index (χ1) is 9.31. The predicted molar refractivity (Wildman–Crippen MR) is 74.6 cm³/mol. The smallest absolute Gasteiger partial charge is 0.231 e. The molecule has 19 heavy (non-hydrogen) atoms. The molecule has 3 rings (SSSR count). The van der Waals surface area contributed by atoms with Gasteiger partial charge in [0.2, 0.25) is 5.91 Å². The third-order valence-corrected chi connectivity index (χ3v) is 4.08. The van der Waals surface area contributed by atoms with Crippen LogP contribution in [0.3, 0.4) is 0 Å². The number of amides is 1. The third kappa shape index (κ3) is 2.21. The summed E-state index contributed by atoms with van der Waals surface area (Å²) in [4.78, 5) is 14.6. The molecule has 0 saturated carbocycles. The van der Waals surface area contributed by atoms with Crippen molar-refractivity contribution >= 4 is 11.6 Å². The fraction of sp³-hybridized carbons (Fsp3) is 0.533. The highest BCUT2D eigenvalue weighted by Gasteiger charge is 2.32. The molecule has 1 saturated heterocycles. The zero-order valence-electron chi connectivity index (χ0n) is 11.3. The minimum Gasteiger partial charge on any atom is -0.495 e. The second kappa shape index (κ2) is 5.21. The second-order valence-corrected chi connectivity index (χ2v) is 5.25. The molecule has 2 aliphatic heterocycles. The molecule has 2 heterocycles. The summed E-state index contributed by atoms with van der Waals surface area (Å²) in [6.45, 7) is 2.56. The number of carbonyl (C=O) groups is 1. The zero-order chi connectivity index (χ0) is 13.2. The Hall–Kier alpha value is -1.55. The van der Waals surface area contributed by atoms with E-state index >= 15 is 0 Å². The Morgan fingerprint density at radius 2 is 2.37 bits per heavy atom. The van der Waals surface area contributed by atoms with E-state index < -0.39 is 0 Å². The molecule has 2 aliphatic rings. The van der Waals surface area contributed by atoms with Gasteiger partial charge in [0.25, 0.3) is 0 Å². The van der Waals surface area contributed by atoms with Gasteiger partial charge in [-0.25, -0.2) is 0 Å². The number of rotatable bonds is 2. The van der Waals surface area contributed by atoms with Gasteiger partial charge in [-0.05, 0) is 37.4 Å². The summed E-state index contributed by atoms with van der Waals surface area (Å²) in [5.41, 5.74) is 2.22. The van der Waals surface area contributed by atoms with Crippen LogP contribution in [0.2, 0.25) is 0 Å². The van der Waals surface area contributed by atoms with Crippen molar-refractivity contribution in [2.24, 2.45) is 5.92 Å². The van der Waals surface area contributed by atoms with Gasteiger partial charge in [0.15, 0.2) is 0 Å². The summed E-state index contributed by atoms with van der Waals surface area (Å²) < 4.78 is 5.45. The maximum absolute atomic E-state index is 12.7. The molecule has 4 nitrogen and oxygen atoms in total. The number of nitrogens with one attached hydrogen (secondary N) is 1. The fourth-order valence-electron chi connectivity index (χ4n) is 3.09. The standard InChI is InChI=1S/C15H20N2O2/c1-19-13-6-2-4-11-5-3-9-17(14(11)13)15(18)12-7-8-16-10-12/h2,4,6,12,16H,3,5,7-10H2,1H3. The molecule has 1 aromatic rings. The van der Waals surface area contributed by atoms with E-state index in [2.05, 4.69) is 11.4 Å².